The minimum Gasteiger partial charge on any atom is -0.491 e. The summed E-state index contributed by atoms with van der Waals surface area (Å²) in [5.74, 6) is -0.393. The van der Waals surface area contributed by atoms with E-state index in [0.717, 1.165) is 24.3 Å². The quantitative estimate of drug-likeness (QED) is 0.546. The standard InChI is InChI=1S/C21H25F3N2O5S/c1-20(2,3)26-32(29,30)18-10-4-14(5-11-18)19(28)25-12-16(27)13-31-17-8-6-15(7-9-17)21(22,23)24/h4-11,16,26-27H,12-13H2,1-3H3,(H,25,28). The van der Waals surface area contributed by atoms with Gasteiger partial charge in [0.05, 0.1) is 10.5 Å². The Morgan fingerprint density at radius 3 is 2.09 bits per heavy atom. The van der Waals surface area contributed by atoms with Crippen LogP contribution in [0.3, 0.4) is 0 Å². The van der Waals surface area contributed by atoms with Crippen LogP contribution in [0.25, 0.3) is 0 Å². The number of carbonyl (C=O) groups is 1. The van der Waals surface area contributed by atoms with Crippen LogP contribution < -0.4 is 14.8 Å². The lowest BCUT2D eigenvalue weighted by atomic mass is 10.1. The largest absolute Gasteiger partial charge is 0.491 e. The molecule has 2 rings (SSSR count). The monoisotopic (exact) mass is 474 g/mol. The Hall–Kier alpha value is -2.63. The third-order valence-corrected chi connectivity index (χ3v) is 5.76. The normalized spacial score (nSPS) is 13.5. The van der Waals surface area contributed by atoms with Gasteiger partial charge in [-0.15, -0.1) is 0 Å². The van der Waals surface area contributed by atoms with Gasteiger partial charge in [-0.1, -0.05) is 0 Å². The lowest BCUT2D eigenvalue weighted by Crippen LogP contribution is -2.40. The van der Waals surface area contributed by atoms with E-state index < -0.39 is 39.3 Å². The van der Waals surface area contributed by atoms with Gasteiger partial charge in [-0.3, -0.25) is 4.79 Å². The minimum absolute atomic E-state index is 0.00829. The van der Waals surface area contributed by atoms with Gasteiger partial charge in [-0.2, -0.15) is 13.2 Å². The van der Waals surface area contributed by atoms with Crippen LogP contribution in [-0.4, -0.2) is 44.2 Å². The first kappa shape index (κ1) is 25.6. The van der Waals surface area contributed by atoms with Crippen molar-refractivity contribution < 1.29 is 36.2 Å². The van der Waals surface area contributed by atoms with Crippen molar-refractivity contribution in [3.05, 3.63) is 59.7 Å². The minimum atomic E-state index is -4.45. The van der Waals surface area contributed by atoms with Crippen molar-refractivity contribution in [2.24, 2.45) is 0 Å². The van der Waals surface area contributed by atoms with E-state index in [1.807, 2.05) is 0 Å². The summed E-state index contributed by atoms with van der Waals surface area (Å²) in [6.07, 6.45) is -5.56. The molecule has 0 aliphatic carbocycles. The molecule has 3 N–H and O–H groups in total. The molecule has 176 valence electrons. The Balaban J connectivity index is 1.85. The van der Waals surface area contributed by atoms with Crippen LogP contribution in [0.1, 0.15) is 36.7 Å². The van der Waals surface area contributed by atoms with Crippen molar-refractivity contribution in [2.45, 2.75) is 43.5 Å². The van der Waals surface area contributed by atoms with Crippen LogP contribution in [0.2, 0.25) is 0 Å². The smallest absolute Gasteiger partial charge is 0.416 e. The predicted molar refractivity (Wildman–Crippen MR) is 112 cm³/mol. The third kappa shape index (κ3) is 7.81. The van der Waals surface area contributed by atoms with E-state index in [-0.39, 0.29) is 29.4 Å². The highest BCUT2D eigenvalue weighted by atomic mass is 32.2. The summed E-state index contributed by atoms with van der Waals surface area (Å²) in [5, 5.41) is 12.4. The van der Waals surface area contributed by atoms with Crippen molar-refractivity contribution in [3.63, 3.8) is 0 Å². The van der Waals surface area contributed by atoms with E-state index in [2.05, 4.69) is 10.0 Å². The van der Waals surface area contributed by atoms with E-state index >= 15 is 0 Å². The van der Waals surface area contributed by atoms with Crippen molar-refractivity contribution in [3.8, 4) is 5.75 Å². The van der Waals surface area contributed by atoms with Crippen molar-refractivity contribution >= 4 is 15.9 Å². The predicted octanol–water partition coefficient (Wildman–Crippen LogP) is 2.95. The van der Waals surface area contributed by atoms with Crippen LogP contribution >= 0.6 is 0 Å². The molecular formula is C21H25F3N2O5S. The van der Waals surface area contributed by atoms with Gasteiger partial charge in [-0.25, -0.2) is 13.1 Å². The fourth-order valence-electron chi connectivity index (χ4n) is 2.55. The third-order valence-electron chi connectivity index (χ3n) is 3.99. The van der Waals surface area contributed by atoms with Gasteiger partial charge < -0.3 is 15.2 Å². The van der Waals surface area contributed by atoms with Gasteiger partial charge >= 0.3 is 6.18 Å². The topological polar surface area (TPSA) is 105 Å². The van der Waals surface area contributed by atoms with Crippen LogP contribution in [0.4, 0.5) is 13.2 Å². The molecule has 0 saturated heterocycles. The summed E-state index contributed by atoms with van der Waals surface area (Å²) in [5.41, 5.74) is -1.28. The first-order chi connectivity index (χ1) is 14.7. The molecule has 2 aromatic rings. The summed E-state index contributed by atoms with van der Waals surface area (Å²) in [6.45, 7) is 4.70. The van der Waals surface area contributed by atoms with Crippen molar-refractivity contribution in [1.82, 2.24) is 10.0 Å². The lowest BCUT2D eigenvalue weighted by Gasteiger charge is -2.20. The zero-order valence-corrected chi connectivity index (χ0v) is 18.5. The Labute approximate surface area is 184 Å². The summed E-state index contributed by atoms with van der Waals surface area (Å²) in [7, 11) is -3.73. The Morgan fingerprint density at radius 1 is 1.03 bits per heavy atom. The number of aliphatic hydroxyl groups is 1. The van der Waals surface area contributed by atoms with E-state index in [9.17, 15) is 31.5 Å². The van der Waals surface area contributed by atoms with Gasteiger partial charge in [0.1, 0.15) is 18.5 Å². The van der Waals surface area contributed by atoms with E-state index in [1.165, 1.54) is 24.3 Å². The zero-order chi connectivity index (χ0) is 24.2. The maximum absolute atomic E-state index is 12.5. The van der Waals surface area contributed by atoms with Gasteiger partial charge in [0.2, 0.25) is 10.0 Å². The molecule has 1 atom stereocenters. The van der Waals surface area contributed by atoms with E-state index in [1.54, 1.807) is 20.8 Å². The molecule has 32 heavy (non-hydrogen) atoms. The van der Waals surface area contributed by atoms with Gasteiger partial charge in [0, 0.05) is 17.6 Å². The maximum Gasteiger partial charge on any atom is 0.416 e. The molecule has 2 aromatic carbocycles. The summed E-state index contributed by atoms with van der Waals surface area (Å²) in [6, 6.07) is 9.29. The molecule has 0 saturated carbocycles. The average molecular weight is 475 g/mol. The molecule has 0 aromatic heterocycles. The van der Waals surface area contributed by atoms with Crippen LogP contribution in [0.15, 0.2) is 53.4 Å². The summed E-state index contributed by atoms with van der Waals surface area (Å²) < 4.78 is 69.9. The maximum atomic E-state index is 12.5. The highest BCUT2D eigenvalue weighted by Crippen LogP contribution is 2.30. The number of amides is 1. The molecule has 0 aliphatic heterocycles. The Kier molecular flexibility index (Phi) is 7.92. The number of benzene rings is 2. The average Bonchev–Trinajstić information content (AvgIpc) is 2.68. The first-order valence-electron chi connectivity index (χ1n) is 9.58. The lowest BCUT2D eigenvalue weighted by molar-refractivity contribution is -0.137. The van der Waals surface area contributed by atoms with E-state index in [4.69, 9.17) is 4.74 Å². The molecule has 1 amide bonds. The first-order valence-corrected chi connectivity index (χ1v) is 11.1. The second-order valence-electron chi connectivity index (χ2n) is 8.08. The van der Waals surface area contributed by atoms with Gasteiger partial charge in [-0.05, 0) is 69.3 Å². The molecule has 0 heterocycles. The molecule has 0 fully saturated rings. The van der Waals surface area contributed by atoms with Gasteiger partial charge in [0.15, 0.2) is 0 Å². The molecule has 0 spiro atoms. The fourth-order valence-corrected chi connectivity index (χ4v) is 3.97. The summed E-state index contributed by atoms with van der Waals surface area (Å²) >= 11 is 0. The molecule has 0 radical (unpaired) electrons. The summed E-state index contributed by atoms with van der Waals surface area (Å²) in [4.78, 5) is 12.2. The number of hydrogen-bond donors (Lipinski definition) is 3. The molecule has 7 nitrogen and oxygen atoms in total. The number of alkyl halides is 3. The molecule has 1 unspecified atom stereocenters. The number of aliphatic hydroxyl groups excluding tert-OH is 1. The molecular weight excluding hydrogens is 449 g/mol. The number of nitrogens with one attached hydrogen (secondary N) is 2. The second-order valence-corrected chi connectivity index (χ2v) is 9.76. The zero-order valence-electron chi connectivity index (χ0n) is 17.7. The van der Waals surface area contributed by atoms with Crippen LogP contribution in [-0.2, 0) is 16.2 Å². The van der Waals surface area contributed by atoms with Crippen LogP contribution in [0.5, 0.6) is 5.75 Å². The Morgan fingerprint density at radius 2 is 1.59 bits per heavy atom. The highest BCUT2D eigenvalue weighted by Gasteiger charge is 2.30. The molecule has 11 heteroatoms. The van der Waals surface area contributed by atoms with Crippen LogP contribution in [0, 0.1) is 0 Å². The molecule has 0 bridgehead atoms. The number of hydrogen-bond acceptors (Lipinski definition) is 5. The fraction of sp³-hybridized carbons (Fsp3) is 0.381. The van der Waals surface area contributed by atoms with Crippen molar-refractivity contribution in [2.75, 3.05) is 13.2 Å². The SMILES string of the molecule is CC(C)(C)NS(=O)(=O)c1ccc(C(=O)NCC(O)COc2ccc(C(F)(F)F)cc2)cc1. The number of carbonyl (C=O) groups excluding carboxylic acids is 1. The van der Waals surface area contributed by atoms with Crippen molar-refractivity contribution in [1.29, 1.82) is 0 Å². The second kappa shape index (κ2) is 9.88. The number of ether oxygens (including phenoxy) is 1. The number of halogens is 3. The Bertz CT molecular complexity index is 1020. The van der Waals surface area contributed by atoms with Gasteiger partial charge in [0.25, 0.3) is 5.91 Å². The number of rotatable bonds is 8. The number of sulfonamides is 1. The highest BCUT2D eigenvalue weighted by molar-refractivity contribution is 7.89. The van der Waals surface area contributed by atoms with E-state index in [0.29, 0.717) is 0 Å². The molecule has 0 aliphatic rings.